The summed E-state index contributed by atoms with van der Waals surface area (Å²) in [4.78, 5) is 11.6. The Labute approximate surface area is 416 Å². The van der Waals surface area contributed by atoms with Crippen molar-refractivity contribution in [3.8, 4) is 0 Å². The predicted molar refractivity (Wildman–Crippen MR) is 285 cm³/mol. The average molecular weight is 942 g/mol. The van der Waals surface area contributed by atoms with Crippen LogP contribution < -0.4 is 0 Å². The summed E-state index contributed by atoms with van der Waals surface area (Å²) in [5.74, 6) is 0.626. The normalized spacial score (nSPS) is 31.3. The van der Waals surface area contributed by atoms with Crippen LogP contribution in [0.3, 0.4) is 0 Å². The molecule has 394 valence electrons. The smallest absolute Gasteiger partial charge is 0.303 e. The molecule has 0 aromatic heterocycles. The van der Waals surface area contributed by atoms with Crippen molar-refractivity contribution in [2.45, 2.75) is 330 Å². The maximum atomic E-state index is 12.6. The summed E-state index contributed by atoms with van der Waals surface area (Å²) in [5.41, 5.74) is -0.722. The molecule has 5 nitrogen and oxygen atoms in total. The number of aliphatic hydroxyl groups is 3. The second-order valence-corrected chi connectivity index (χ2v) is 25.4. The Morgan fingerprint density at radius 1 is 0.507 bits per heavy atom. The highest BCUT2D eigenvalue weighted by Gasteiger charge is 2.73. The highest BCUT2D eigenvalue weighted by Crippen LogP contribution is 2.76. The molecule has 0 aromatic carbocycles. The van der Waals surface area contributed by atoms with E-state index < -0.39 is 18.2 Å². The lowest BCUT2D eigenvalue weighted by molar-refractivity contribution is -0.287. The predicted octanol–water partition coefficient (Wildman–Crippen LogP) is 18.0. The fourth-order valence-corrected chi connectivity index (χ4v) is 16.8. The first kappa shape index (κ1) is 58.9. The van der Waals surface area contributed by atoms with Gasteiger partial charge in [-0.15, -0.1) is 0 Å². The Balaban J connectivity index is 1.40. The molecule has 67 heavy (non-hydrogen) atoms. The molecule has 0 heterocycles. The maximum absolute atomic E-state index is 12.6. The molecule has 0 aliphatic heterocycles. The van der Waals surface area contributed by atoms with Gasteiger partial charge >= 0.3 is 5.97 Å². The van der Waals surface area contributed by atoms with Crippen LogP contribution in [-0.2, 0) is 4.79 Å². The van der Waals surface area contributed by atoms with Crippen LogP contribution in [0.5, 0.6) is 0 Å². The number of rotatable bonds is 38. The van der Waals surface area contributed by atoms with Crippen LogP contribution in [-0.4, -0.2) is 44.7 Å². The van der Waals surface area contributed by atoms with Crippen molar-refractivity contribution in [2.24, 2.45) is 57.2 Å². The van der Waals surface area contributed by atoms with Crippen molar-refractivity contribution in [1.29, 1.82) is 0 Å². The molecule has 4 aliphatic carbocycles. The van der Waals surface area contributed by atoms with Crippen LogP contribution in [0.25, 0.3) is 0 Å². The molecule has 0 aromatic rings. The van der Waals surface area contributed by atoms with Gasteiger partial charge in [0, 0.05) is 6.42 Å². The molecule has 0 amide bonds. The van der Waals surface area contributed by atoms with E-state index in [0.29, 0.717) is 6.42 Å². The lowest BCUT2D eigenvalue weighted by Crippen LogP contribution is -2.71. The first-order valence-electron chi connectivity index (χ1n) is 30.5. The van der Waals surface area contributed by atoms with Gasteiger partial charge in [-0.2, -0.15) is 0 Å². The zero-order chi connectivity index (χ0) is 48.8. The highest BCUT2D eigenvalue weighted by molar-refractivity contribution is 5.66. The van der Waals surface area contributed by atoms with Crippen LogP contribution in [0.4, 0.5) is 0 Å². The SMILES string of the molecule is CCCCCCCCCCCCCCCCCCC1(CCCCCCCCCCCCCCCCCC)C(C)(C)C(O)CC2CC(O)C3C4CCC(C(C)CCC(=O)O)C4(C)C(O)CC3C21C. The van der Waals surface area contributed by atoms with Crippen LogP contribution in [0.2, 0.25) is 0 Å². The standard InChI is InChI=1S/C62H116O5/c1-8-10-12-14-16-18-20-22-24-26-28-30-32-34-36-38-44-62(45-39-37-35-33-31-29-27-25-23-21-19-17-15-13-11-9-2)59(4,5)55(64)47-50-46-54(63)58-52-42-41-51(49(3)40-43-57(66)67)60(52,6)56(65)48-53(58)61(50,62)7/h49-56,58,63-65H,8-48H2,1-7H3,(H,66,67). The van der Waals surface area contributed by atoms with E-state index >= 15 is 0 Å². The third-order valence-corrected chi connectivity index (χ3v) is 21.1. The molecule has 4 aliphatic rings. The van der Waals surface area contributed by atoms with Gasteiger partial charge < -0.3 is 20.4 Å². The van der Waals surface area contributed by atoms with Gasteiger partial charge in [-0.05, 0) is 109 Å². The number of hydrogen-bond acceptors (Lipinski definition) is 4. The van der Waals surface area contributed by atoms with E-state index in [2.05, 4.69) is 48.5 Å². The van der Waals surface area contributed by atoms with Crippen LogP contribution >= 0.6 is 0 Å². The second-order valence-electron chi connectivity index (χ2n) is 25.4. The number of fused-ring (bicyclic) bond motifs is 5. The Hall–Kier alpha value is -0.650. The second kappa shape index (κ2) is 30.4. The van der Waals surface area contributed by atoms with E-state index in [4.69, 9.17) is 0 Å². The lowest BCUT2D eigenvalue weighted by atomic mass is 9.32. The molecule has 0 radical (unpaired) electrons. The Kier molecular flexibility index (Phi) is 26.7. The first-order valence-corrected chi connectivity index (χ1v) is 30.5. The minimum Gasteiger partial charge on any atom is -0.481 e. The molecule has 4 fully saturated rings. The van der Waals surface area contributed by atoms with E-state index in [1.807, 2.05) is 0 Å². The highest BCUT2D eigenvalue weighted by atomic mass is 16.4. The number of unbranched alkanes of at least 4 members (excludes halogenated alkanes) is 30. The largest absolute Gasteiger partial charge is 0.481 e. The quantitative estimate of drug-likeness (QED) is 0.0462. The summed E-state index contributed by atoms with van der Waals surface area (Å²) in [6.07, 6.45) is 50.1. The van der Waals surface area contributed by atoms with E-state index in [0.717, 1.165) is 44.9 Å². The molecule has 5 heteroatoms. The number of hydrogen-bond donors (Lipinski definition) is 4. The summed E-state index contributed by atoms with van der Waals surface area (Å²) >= 11 is 0. The van der Waals surface area contributed by atoms with Crippen LogP contribution in [0.1, 0.15) is 312 Å². The van der Waals surface area contributed by atoms with Gasteiger partial charge in [0.25, 0.3) is 0 Å². The Morgan fingerprint density at radius 2 is 0.896 bits per heavy atom. The van der Waals surface area contributed by atoms with Crippen molar-refractivity contribution in [3.05, 3.63) is 0 Å². The fourth-order valence-electron chi connectivity index (χ4n) is 16.8. The molecule has 0 spiro atoms. The summed E-state index contributed by atoms with van der Waals surface area (Å²) < 4.78 is 0. The average Bonchev–Trinajstić information content (AvgIpc) is 3.66. The number of carbonyl (C=O) groups is 1. The zero-order valence-corrected chi connectivity index (χ0v) is 45.9. The molecular formula is C62H116O5. The van der Waals surface area contributed by atoms with Gasteiger partial charge in [-0.1, -0.05) is 254 Å². The van der Waals surface area contributed by atoms with Crippen molar-refractivity contribution in [2.75, 3.05) is 0 Å². The van der Waals surface area contributed by atoms with Crippen LogP contribution in [0.15, 0.2) is 0 Å². The summed E-state index contributed by atoms with van der Waals surface area (Å²) in [6.45, 7) is 16.6. The van der Waals surface area contributed by atoms with Gasteiger partial charge in [0.1, 0.15) is 0 Å². The molecule has 11 atom stereocenters. The minimum absolute atomic E-state index is 0.0718. The number of aliphatic carboxylic acids is 1. The van der Waals surface area contributed by atoms with Gasteiger partial charge in [-0.25, -0.2) is 0 Å². The first-order chi connectivity index (χ1) is 32.2. The fraction of sp³-hybridized carbons (Fsp3) is 0.984. The van der Waals surface area contributed by atoms with Crippen molar-refractivity contribution >= 4 is 5.97 Å². The Morgan fingerprint density at radius 3 is 1.28 bits per heavy atom. The van der Waals surface area contributed by atoms with E-state index in [1.54, 1.807) is 0 Å². The van der Waals surface area contributed by atoms with Gasteiger partial charge in [0.15, 0.2) is 0 Å². The third-order valence-electron chi connectivity index (χ3n) is 21.1. The van der Waals surface area contributed by atoms with E-state index in [1.165, 1.54) is 205 Å². The summed E-state index contributed by atoms with van der Waals surface area (Å²) in [5, 5.41) is 46.9. The van der Waals surface area contributed by atoms with Crippen molar-refractivity contribution in [1.82, 2.24) is 0 Å². The topological polar surface area (TPSA) is 98.0 Å². The third kappa shape index (κ3) is 15.7. The number of aliphatic hydroxyl groups excluding tert-OH is 3. The maximum Gasteiger partial charge on any atom is 0.303 e. The van der Waals surface area contributed by atoms with Crippen LogP contribution in [0, 0.1) is 57.2 Å². The van der Waals surface area contributed by atoms with Gasteiger partial charge in [0.2, 0.25) is 0 Å². The van der Waals surface area contributed by atoms with E-state index in [9.17, 15) is 25.2 Å². The van der Waals surface area contributed by atoms with Crippen molar-refractivity contribution in [3.63, 3.8) is 0 Å². The van der Waals surface area contributed by atoms with Gasteiger partial charge in [0.05, 0.1) is 18.3 Å². The molecular weight excluding hydrogens is 825 g/mol. The van der Waals surface area contributed by atoms with Crippen molar-refractivity contribution < 1.29 is 25.2 Å². The summed E-state index contributed by atoms with van der Waals surface area (Å²) in [7, 11) is 0. The monoisotopic (exact) mass is 941 g/mol. The molecule has 11 unspecified atom stereocenters. The lowest BCUT2D eigenvalue weighted by Gasteiger charge is -2.73. The van der Waals surface area contributed by atoms with E-state index in [-0.39, 0.29) is 69.7 Å². The number of carboxylic acids is 1. The molecule has 4 saturated carbocycles. The molecule has 0 bridgehead atoms. The summed E-state index contributed by atoms with van der Waals surface area (Å²) in [6, 6.07) is 0. The minimum atomic E-state index is -0.732. The molecule has 4 rings (SSSR count). The Bertz CT molecular complexity index is 1280. The number of carboxylic acid groups (broad SMARTS) is 1. The molecule has 0 saturated heterocycles. The zero-order valence-electron chi connectivity index (χ0n) is 45.9. The van der Waals surface area contributed by atoms with Gasteiger partial charge in [-0.3, -0.25) is 4.79 Å². The molecule has 4 N–H and O–H groups in total.